The fourth-order valence-electron chi connectivity index (χ4n) is 4.87. The van der Waals surface area contributed by atoms with E-state index in [1.165, 1.54) is 44.3 Å². The highest BCUT2D eigenvalue weighted by Crippen LogP contribution is 2.17. The molecular formula is C26H27BO. The Labute approximate surface area is 168 Å². The van der Waals surface area contributed by atoms with E-state index in [0.717, 1.165) is 16.6 Å². The van der Waals surface area contributed by atoms with Gasteiger partial charge in [-0.2, -0.15) is 0 Å². The number of rotatable bonds is 3. The van der Waals surface area contributed by atoms with E-state index in [1.54, 1.807) is 0 Å². The van der Waals surface area contributed by atoms with E-state index in [4.69, 9.17) is 4.42 Å². The van der Waals surface area contributed by atoms with Gasteiger partial charge in [0.25, 0.3) is 6.71 Å². The van der Waals surface area contributed by atoms with E-state index >= 15 is 0 Å². The van der Waals surface area contributed by atoms with Gasteiger partial charge in [-0.05, 0) is 53.7 Å². The number of hydrogen-bond acceptors (Lipinski definition) is 1. The van der Waals surface area contributed by atoms with Crippen molar-refractivity contribution in [3.63, 3.8) is 0 Å². The lowest BCUT2D eigenvalue weighted by molar-refractivity contribution is 0.651. The molecule has 4 rings (SSSR count). The monoisotopic (exact) mass is 366 g/mol. The first-order valence-electron chi connectivity index (χ1n) is 9.99. The van der Waals surface area contributed by atoms with Crippen LogP contribution in [0.15, 0.2) is 59.0 Å². The summed E-state index contributed by atoms with van der Waals surface area (Å²) in [5.74, 6) is 0. The van der Waals surface area contributed by atoms with E-state index in [1.807, 2.05) is 6.07 Å². The van der Waals surface area contributed by atoms with Crippen LogP contribution >= 0.6 is 0 Å². The molecule has 0 saturated heterocycles. The maximum atomic E-state index is 6.42. The van der Waals surface area contributed by atoms with Crippen molar-refractivity contribution in [3.05, 3.63) is 88.0 Å². The molecule has 0 aliphatic rings. The molecule has 0 atom stereocenters. The SMILES string of the molecule is Cc1cc(C)c(B(c2cc3ccccc3o2)c2c(C)cc(C)cc2C)c(C)c1. The first-order valence-corrected chi connectivity index (χ1v) is 9.99. The minimum atomic E-state index is 0.0913. The third kappa shape index (κ3) is 3.18. The zero-order valence-corrected chi connectivity index (χ0v) is 17.7. The smallest absolute Gasteiger partial charge is 0.288 e. The van der Waals surface area contributed by atoms with Gasteiger partial charge in [0, 0.05) is 5.39 Å². The molecule has 4 aromatic rings. The summed E-state index contributed by atoms with van der Waals surface area (Å²) in [6, 6.07) is 19.7. The largest absolute Gasteiger partial charge is 0.470 e. The lowest BCUT2D eigenvalue weighted by Crippen LogP contribution is -2.55. The van der Waals surface area contributed by atoms with Gasteiger partial charge in [-0.3, -0.25) is 0 Å². The van der Waals surface area contributed by atoms with Gasteiger partial charge in [-0.1, -0.05) is 86.8 Å². The second kappa shape index (κ2) is 7.02. The van der Waals surface area contributed by atoms with Gasteiger partial charge in [-0.25, -0.2) is 0 Å². The molecule has 0 aliphatic heterocycles. The van der Waals surface area contributed by atoms with E-state index in [2.05, 4.69) is 90.1 Å². The van der Waals surface area contributed by atoms with Crippen molar-refractivity contribution in [1.29, 1.82) is 0 Å². The molecule has 0 fully saturated rings. The second-order valence-electron chi connectivity index (χ2n) is 8.24. The Hall–Kier alpha value is -2.74. The molecule has 1 heterocycles. The van der Waals surface area contributed by atoms with E-state index in [0.29, 0.717) is 0 Å². The van der Waals surface area contributed by atoms with Crippen LogP contribution in [0.25, 0.3) is 11.0 Å². The Kier molecular flexibility index (Phi) is 4.67. The first kappa shape index (κ1) is 18.6. The van der Waals surface area contributed by atoms with Crippen LogP contribution in [-0.2, 0) is 0 Å². The number of fused-ring (bicyclic) bond motifs is 1. The van der Waals surface area contributed by atoms with Gasteiger partial charge in [0.2, 0.25) is 0 Å². The van der Waals surface area contributed by atoms with Crippen molar-refractivity contribution in [3.8, 4) is 0 Å². The zero-order chi connectivity index (χ0) is 20.0. The molecule has 3 aromatic carbocycles. The normalized spacial score (nSPS) is 11.2. The number of para-hydroxylation sites is 1. The Bertz CT molecular complexity index is 1050. The zero-order valence-electron chi connectivity index (χ0n) is 17.7. The molecule has 28 heavy (non-hydrogen) atoms. The fraction of sp³-hybridized carbons (Fsp3) is 0.231. The quantitative estimate of drug-likeness (QED) is 0.475. The summed E-state index contributed by atoms with van der Waals surface area (Å²) in [4.78, 5) is 0. The first-order chi connectivity index (χ1) is 13.3. The van der Waals surface area contributed by atoms with Crippen molar-refractivity contribution >= 4 is 34.3 Å². The molecule has 0 amide bonds. The maximum Gasteiger partial charge on any atom is 0.288 e. The van der Waals surface area contributed by atoms with Crippen LogP contribution in [-0.4, -0.2) is 6.71 Å². The fourth-order valence-corrected chi connectivity index (χ4v) is 4.87. The summed E-state index contributed by atoms with van der Waals surface area (Å²) in [5, 5.41) is 1.16. The van der Waals surface area contributed by atoms with Crippen LogP contribution in [0.3, 0.4) is 0 Å². The predicted molar refractivity (Wildman–Crippen MR) is 122 cm³/mol. The predicted octanol–water partition coefficient (Wildman–Crippen LogP) is 4.80. The van der Waals surface area contributed by atoms with Crippen LogP contribution in [0.4, 0.5) is 0 Å². The summed E-state index contributed by atoms with van der Waals surface area (Å²) >= 11 is 0. The summed E-state index contributed by atoms with van der Waals surface area (Å²) in [7, 11) is 0. The topological polar surface area (TPSA) is 13.1 Å². The number of furan rings is 1. The van der Waals surface area contributed by atoms with Gasteiger partial charge in [-0.15, -0.1) is 0 Å². The highest BCUT2D eigenvalue weighted by molar-refractivity contribution is 6.96. The van der Waals surface area contributed by atoms with Crippen molar-refractivity contribution in [2.24, 2.45) is 0 Å². The Morgan fingerprint density at radius 3 is 1.54 bits per heavy atom. The molecule has 1 aromatic heterocycles. The molecule has 0 radical (unpaired) electrons. The Morgan fingerprint density at radius 2 is 1.07 bits per heavy atom. The van der Waals surface area contributed by atoms with Gasteiger partial charge < -0.3 is 4.42 Å². The summed E-state index contributed by atoms with van der Waals surface area (Å²) < 4.78 is 6.42. The molecular weight excluding hydrogens is 339 g/mol. The number of benzene rings is 3. The lowest BCUT2D eigenvalue weighted by Gasteiger charge is -2.22. The van der Waals surface area contributed by atoms with Crippen LogP contribution in [0.2, 0.25) is 0 Å². The molecule has 0 bridgehead atoms. The highest BCUT2D eigenvalue weighted by atomic mass is 16.3. The van der Waals surface area contributed by atoms with Crippen molar-refractivity contribution in [1.82, 2.24) is 0 Å². The highest BCUT2D eigenvalue weighted by Gasteiger charge is 2.31. The number of hydrogen-bond donors (Lipinski definition) is 0. The van der Waals surface area contributed by atoms with Crippen LogP contribution in [0.1, 0.15) is 33.4 Å². The standard InChI is InChI=1S/C26H27BO/c1-16-11-18(3)25(19(4)12-16)27(26-20(5)13-17(2)14-21(26)6)24-15-22-9-7-8-10-23(22)28-24/h7-15H,1-6H3. The second-order valence-corrected chi connectivity index (χ2v) is 8.24. The molecule has 140 valence electrons. The Morgan fingerprint density at radius 1 is 0.607 bits per heavy atom. The van der Waals surface area contributed by atoms with Crippen LogP contribution in [0, 0.1) is 41.5 Å². The van der Waals surface area contributed by atoms with Gasteiger partial charge in [0.1, 0.15) is 5.58 Å². The van der Waals surface area contributed by atoms with Crippen LogP contribution in [0.5, 0.6) is 0 Å². The number of aryl methyl sites for hydroxylation is 6. The molecule has 0 spiro atoms. The van der Waals surface area contributed by atoms with E-state index < -0.39 is 0 Å². The van der Waals surface area contributed by atoms with Crippen molar-refractivity contribution in [2.45, 2.75) is 41.5 Å². The molecule has 0 unspecified atom stereocenters. The van der Waals surface area contributed by atoms with Gasteiger partial charge >= 0.3 is 0 Å². The molecule has 0 saturated carbocycles. The van der Waals surface area contributed by atoms with E-state index in [-0.39, 0.29) is 6.71 Å². The average Bonchev–Trinajstić information content (AvgIpc) is 3.02. The Balaban J connectivity index is 2.05. The molecule has 1 nitrogen and oxygen atoms in total. The lowest BCUT2D eigenvalue weighted by atomic mass is 9.36. The minimum Gasteiger partial charge on any atom is -0.470 e. The summed E-state index contributed by atoms with van der Waals surface area (Å²) in [6.45, 7) is 13.3. The molecule has 0 N–H and O–H groups in total. The minimum absolute atomic E-state index is 0.0913. The van der Waals surface area contributed by atoms with E-state index in [9.17, 15) is 0 Å². The van der Waals surface area contributed by atoms with Gasteiger partial charge in [0.05, 0.1) is 5.66 Å². The summed E-state index contributed by atoms with van der Waals surface area (Å²) in [6.07, 6.45) is 0. The van der Waals surface area contributed by atoms with Crippen LogP contribution < -0.4 is 16.6 Å². The molecule has 2 heteroatoms. The van der Waals surface area contributed by atoms with Crippen molar-refractivity contribution in [2.75, 3.05) is 0 Å². The molecule has 0 aliphatic carbocycles. The average molecular weight is 366 g/mol. The van der Waals surface area contributed by atoms with Gasteiger partial charge in [0.15, 0.2) is 0 Å². The van der Waals surface area contributed by atoms with Crippen molar-refractivity contribution < 1.29 is 4.42 Å². The maximum absolute atomic E-state index is 6.42. The summed E-state index contributed by atoms with van der Waals surface area (Å²) in [5.41, 5.74) is 12.6. The third-order valence-corrected chi connectivity index (χ3v) is 5.78. The third-order valence-electron chi connectivity index (χ3n) is 5.78.